The molecule has 0 amide bonds. The van der Waals surface area contributed by atoms with Gasteiger partial charge in [0.05, 0.1) is 5.52 Å². The molecule has 102 valence electrons. The zero-order valence-electron chi connectivity index (χ0n) is 11.4. The van der Waals surface area contributed by atoms with Gasteiger partial charge in [-0.05, 0) is 12.1 Å². The summed E-state index contributed by atoms with van der Waals surface area (Å²) >= 11 is 1.65. The van der Waals surface area contributed by atoms with Crippen molar-refractivity contribution < 1.29 is 0 Å². The van der Waals surface area contributed by atoms with Crippen LogP contribution in [0.2, 0.25) is 0 Å². The maximum atomic E-state index is 4.65. The molecule has 3 rings (SSSR count). The van der Waals surface area contributed by atoms with Crippen LogP contribution in [0.25, 0.3) is 10.9 Å². The Labute approximate surface area is 121 Å². The van der Waals surface area contributed by atoms with Gasteiger partial charge in [0.1, 0.15) is 12.1 Å². The van der Waals surface area contributed by atoms with E-state index in [9.17, 15) is 0 Å². The molecule has 0 radical (unpaired) electrons. The number of benzene rings is 1. The lowest BCUT2D eigenvalue weighted by molar-refractivity contribution is 0.685. The number of nitrogens with zero attached hydrogens (tertiary/aromatic N) is 4. The average molecular weight is 285 g/mol. The lowest BCUT2D eigenvalue weighted by Crippen LogP contribution is -1.99. The Hall–Kier alpha value is -2.08. The molecule has 1 N–H and O–H groups in total. The standard InChI is InChI=1S/C14H15N5S/c1-15-13-11(8-20-14-16-9-17-19(14)2)7-10-5-3-4-6-12(10)18-13/h3-7,9H,8H2,1-2H3,(H,15,18). The SMILES string of the molecule is CNc1nc2ccccc2cc1CSc1ncnn1C. The number of hydrogen-bond donors (Lipinski definition) is 1. The molecule has 0 aliphatic rings. The topological polar surface area (TPSA) is 55.6 Å². The van der Waals surface area contributed by atoms with E-state index >= 15 is 0 Å². The lowest BCUT2D eigenvalue weighted by atomic mass is 10.1. The summed E-state index contributed by atoms with van der Waals surface area (Å²) < 4.78 is 1.78. The number of hydrogen-bond acceptors (Lipinski definition) is 5. The Morgan fingerprint density at radius 2 is 2.15 bits per heavy atom. The molecular formula is C14H15N5S. The van der Waals surface area contributed by atoms with Gasteiger partial charge in [-0.2, -0.15) is 5.10 Å². The summed E-state index contributed by atoms with van der Waals surface area (Å²) in [5.74, 6) is 1.72. The van der Waals surface area contributed by atoms with Crippen LogP contribution in [0.5, 0.6) is 0 Å². The summed E-state index contributed by atoms with van der Waals surface area (Å²) in [4.78, 5) is 8.87. The Morgan fingerprint density at radius 3 is 2.90 bits per heavy atom. The van der Waals surface area contributed by atoms with Gasteiger partial charge in [0.2, 0.25) is 0 Å². The number of aryl methyl sites for hydroxylation is 1. The van der Waals surface area contributed by atoms with E-state index in [1.807, 2.05) is 32.3 Å². The molecule has 0 aliphatic carbocycles. The molecule has 6 heteroatoms. The van der Waals surface area contributed by atoms with Crippen molar-refractivity contribution in [2.24, 2.45) is 7.05 Å². The highest BCUT2D eigenvalue weighted by Gasteiger charge is 2.08. The summed E-state index contributed by atoms with van der Waals surface area (Å²) in [7, 11) is 3.79. The second-order valence-electron chi connectivity index (χ2n) is 4.39. The van der Waals surface area contributed by atoms with Crippen LogP contribution in [0.1, 0.15) is 5.56 Å². The Kier molecular flexibility index (Phi) is 3.56. The Morgan fingerprint density at radius 1 is 1.30 bits per heavy atom. The molecule has 0 atom stereocenters. The predicted octanol–water partition coefficient (Wildman–Crippen LogP) is 2.70. The molecule has 0 saturated heterocycles. The highest BCUT2D eigenvalue weighted by Crippen LogP contribution is 2.26. The first-order valence-corrected chi connectivity index (χ1v) is 7.29. The van der Waals surface area contributed by atoms with Crippen LogP contribution >= 0.6 is 11.8 Å². The minimum Gasteiger partial charge on any atom is -0.373 e. The third-order valence-electron chi connectivity index (χ3n) is 3.07. The summed E-state index contributed by atoms with van der Waals surface area (Å²) in [6, 6.07) is 10.3. The summed E-state index contributed by atoms with van der Waals surface area (Å²) in [5, 5.41) is 9.30. The zero-order chi connectivity index (χ0) is 13.9. The van der Waals surface area contributed by atoms with E-state index in [2.05, 4.69) is 32.5 Å². The number of aromatic nitrogens is 4. The number of thioether (sulfide) groups is 1. The Balaban J connectivity index is 1.91. The molecule has 3 aromatic rings. The van der Waals surface area contributed by atoms with E-state index in [0.717, 1.165) is 27.6 Å². The van der Waals surface area contributed by atoms with E-state index in [1.165, 1.54) is 5.56 Å². The third-order valence-corrected chi connectivity index (χ3v) is 4.15. The molecule has 1 aromatic carbocycles. The van der Waals surface area contributed by atoms with Gasteiger partial charge in [0.15, 0.2) is 5.16 Å². The van der Waals surface area contributed by atoms with Crippen molar-refractivity contribution in [2.75, 3.05) is 12.4 Å². The third kappa shape index (κ3) is 2.46. The number of nitrogens with one attached hydrogen (secondary N) is 1. The molecule has 2 aromatic heterocycles. The van der Waals surface area contributed by atoms with Crippen LogP contribution < -0.4 is 5.32 Å². The van der Waals surface area contributed by atoms with E-state index in [-0.39, 0.29) is 0 Å². The van der Waals surface area contributed by atoms with Crippen LogP contribution in [0.15, 0.2) is 41.8 Å². The van der Waals surface area contributed by atoms with Crippen LogP contribution in [-0.2, 0) is 12.8 Å². The number of fused-ring (bicyclic) bond motifs is 1. The van der Waals surface area contributed by atoms with Crippen molar-refractivity contribution in [1.29, 1.82) is 0 Å². The molecule has 5 nitrogen and oxygen atoms in total. The van der Waals surface area contributed by atoms with Crippen molar-refractivity contribution in [3.05, 3.63) is 42.2 Å². The molecule has 0 spiro atoms. The fourth-order valence-electron chi connectivity index (χ4n) is 2.04. The first-order chi connectivity index (χ1) is 9.78. The van der Waals surface area contributed by atoms with E-state index < -0.39 is 0 Å². The van der Waals surface area contributed by atoms with Gasteiger partial charge in [0.25, 0.3) is 0 Å². The molecule has 0 saturated carbocycles. The minimum absolute atomic E-state index is 0.806. The smallest absolute Gasteiger partial charge is 0.186 e. The fraction of sp³-hybridized carbons (Fsp3) is 0.214. The van der Waals surface area contributed by atoms with Gasteiger partial charge < -0.3 is 5.32 Å². The van der Waals surface area contributed by atoms with Crippen molar-refractivity contribution in [3.8, 4) is 0 Å². The number of rotatable bonds is 4. The van der Waals surface area contributed by atoms with Crippen molar-refractivity contribution in [1.82, 2.24) is 19.7 Å². The summed E-state index contributed by atoms with van der Waals surface area (Å²) in [6.45, 7) is 0. The molecule has 0 unspecified atom stereocenters. The molecule has 0 bridgehead atoms. The summed E-state index contributed by atoms with van der Waals surface area (Å²) in [6.07, 6.45) is 1.57. The van der Waals surface area contributed by atoms with Crippen molar-refractivity contribution in [2.45, 2.75) is 10.9 Å². The van der Waals surface area contributed by atoms with Gasteiger partial charge in [-0.25, -0.2) is 14.6 Å². The predicted molar refractivity (Wildman–Crippen MR) is 81.9 cm³/mol. The normalized spacial score (nSPS) is 10.9. The number of anilines is 1. The maximum Gasteiger partial charge on any atom is 0.186 e. The number of para-hydroxylation sites is 1. The highest BCUT2D eigenvalue weighted by molar-refractivity contribution is 7.98. The molecule has 0 fully saturated rings. The average Bonchev–Trinajstić information content (AvgIpc) is 2.89. The van der Waals surface area contributed by atoms with Gasteiger partial charge in [-0.1, -0.05) is 30.0 Å². The number of pyridine rings is 1. The molecule has 20 heavy (non-hydrogen) atoms. The van der Waals surface area contributed by atoms with Gasteiger partial charge >= 0.3 is 0 Å². The zero-order valence-corrected chi connectivity index (χ0v) is 12.2. The second-order valence-corrected chi connectivity index (χ2v) is 5.34. The van der Waals surface area contributed by atoms with Crippen molar-refractivity contribution >= 4 is 28.5 Å². The molecule has 0 aliphatic heterocycles. The van der Waals surface area contributed by atoms with Crippen LogP contribution in [0.3, 0.4) is 0 Å². The highest BCUT2D eigenvalue weighted by atomic mass is 32.2. The molecular weight excluding hydrogens is 270 g/mol. The van der Waals surface area contributed by atoms with Gasteiger partial charge in [0, 0.05) is 30.8 Å². The van der Waals surface area contributed by atoms with Gasteiger partial charge in [-0.3, -0.25) is 0 Å². The molecule has 2 heterocycles. The quantitative estimate of drug-likeness (QED) is 0.747. The van der Waals surface area contributed by atoms with E-state index in [4.69, 9.17) is 0 Å². The van der Waals surface area contributed by atoms with E-state index in [0.29, 0.717) is 0 Å². The minimum atomic E-state index is 0.806. The van der Waals surface area contributed by atoms with Crippen LogP contribution in [0, 0.1) is 0 Å². The van der Waals surface area contributed by atoms with E-state index in [1.54, 1.807) is 22.8 Å². The largest absolute Gasteiger partial charge is 0.373 e. The second kappa shape index (κ2) is 5.50. The lowest BCUT2D eigenvalue weighted by Gasteiger charge is -2.09. The summed E-state index contributed by atoms with van der Waals surface area (Å²) in [5.41, 5.74) is 2.17. The van der Waals surface area contributed by atoms with Gasteiger partial charge in [-0.15, -0.1) is 0 Å². The monoisotopic (exact) mass is 285 g/mol. The van der Waals surface area contributed by atoms with Crippen LogP contribution in [0.4, 0.5) is 5.82 Å². The maximum absolute atomic E-state index is 4.65. The first-order valence-electron chi connectivity index (χ1n) is 6.31. The first kappa shape index (κ1) is 12.9. The Bertz CT molecular complexity index is 737. The fourth-order valence-corrected chi connectivity index (χ4v) is 2.91. The van der Waals surface area contributed by atoms with Crippen molar-refractivity contribution in [3.63, 3.8) is 0 Å². The van der Waals surface area contributed by atoms with Crippen LogP contribution in [-0.4, -0.2) is 26.8 Å².